The number of hydrazine groups is 1. The van der Waals surface area contributed by atoms with E-state index >= 15 is 0 Å². The van der Waals surface area contributed by atoms with Gasteiger partial charge in [-0.15, -0.1) is 0 Å². The first-order chi connectivity index (χ1) is 7.63. The zero-order valence-electron chi connectivity index (χ0n) is 8.50. The van der Waals surface area contributed by atoms with Crippen LogP contribution in [0.5, 0.6) is 0 Å². The van der Waals surface area contributed by atoms with Crippen molar-refractivity contribution in [2.45, 2.75) is 12.8 Å². The second-order valence-electron chi connectivity index (χ2n) is 3.10. The minimum Gasteiger partial charge on any atom is -0.325 e. The fourth-order valence-corrected chi connectivity index (χ4v) is 1.26. The van der Waals surface area contributed by atoms with Crippen molar-refractivity contribution in [3.8, 4) is 0 Å². The molecule has 0 atom stereocenters. The third kappa shape index (κ3) is 3.88. The average Bonchev–Trinajstić information content (AvgIpc) is 2.29. The number of benzene rings is 1. The third-order valence-corrected chi connectivity index (χ3v) is 2.22. The fourth-order valence-electron chi connectivity index (χ4n) is 1.07. The first-order valence-electron chi connectivity index (χ1n) is 4.67. The lowest BCUT2D eigenvalue weighted by atomic mass is 10.2. The van der Waals surface area contributed by atoms with E-state index in [0.29, 0.717) is 10.7 Å². The zero-order chi connectivity index (χ0) is 12.0. The summed E-state index contributed by atoms with van der Waals surface area (Å²) in [5.41, 5.74) is 2.48. The summed E-state index contributed by atoms with van der Waals surface area (Å²) < 4.78 is 0. The van der Waals surface area contributed by atoms with Crippen molar-refractivity contribution in [2.75, 3.05) is 5.32 Å². The lowest BCUT2D eigenvalue weighted by Crippen LogP contribution is -2.30. The normalized spacial score (nSPS) is 9.62. The van der Waals surface area contributed by atoms with Crippen molar-refractivity contribution in [1.82, 2.24) is 5.43 Å². The van der Waals surface area contributed by atoms with Gasteiger partial charge in [0.1, 0.15) is 0 Å². The van der Waals surface area contributed by atoms with E-state index < -0.39 is 0 Å². The molecule has 86 valence electrons. The standard InChI is InChI=1S/C10H12ClN3O2/c11-7-3-1-2-4-8(7)13-9(15)5-6-10(16)14-12/h1-4H,5-6,12H2,(H,13,15)(H,14,16). The summed E-state index contributed by atoms with van der Waals surface area (Å²) in [7, 11) is 0. The SMILES string of the molecule is NNC(=O)CCC(=O)Nc1ccccc1Cl. The van der Waals surface area contributed by atoms with E-state index in [0.717, 1.165) is 0 Å². The van der Waals surface area contributed by atoms with Crippen molar-refractivity contribution >= 4 is 29.1 Å². The van der Waals surface area contributed by atoms with Crippen LogP contribution in [0.4, 0.5) is 5.69 Å². The van der Waals surface area contributed by atoms with Gasteiger partial charge in [0.05, 0.1) is 10.7 Å². The minimum atomic E-state index is -0.380. The highest BCUT2D eigenvalue weighted by atomic mass is 35.5. The molecule has 0 bridgehead atoms. The molecule has 0 aliphatic rings. The Kier molecular flexibility index (Phi) is 4.75. The van der Waals surface area contributed by atoms with E-state index in [4.69, 9.17) is 17.4 Å². The summed E-state index contributed by atoms with van der Waals surface area (Å²) in [5, 5.41) is 3.06. The Morgan fingerprint density at radius 2 is 1.81 bits per heavy atom. The number of hydrogen-bond donors (Lipinski definition) is 3. The number of carbonyl (C=O) groups excluding carboxylic acids is 2. The molecule has 5 nitrogen and oxygen atoms in total. The second kappa shape index (κ2) is 6.09. The molecule has 0 heterocycles. The molecule has 0 aliphatic carbocycles. The van der Waals surface area contributed by atoms with E-state index in [2.05, 4.69) is 5.32 Å². The Balaban J connectivity index is 2.46. The lowest BCUT2D eigenvalue weighted by molar-refractivity contribution is -0.124. The molecule has 1 aromatic carbocycles. The Bertz CT molecular complexity index is 395. The summed E-state index contributed by atoms with van der Waals surface area (Å²) in [6.07, 6.45) is 0.112. The smallest absolute Gasteiger partial charge is 0.234 e. The van der Waals surface area contributed by atoms with Gasteiger partial charge in [-0.3, -0.25) is 15.0 Å². The summed E-state index contributed by atoms with van der Waals surface area (Å²) in [5.74, 6) is 4.22. The van der Waals surface area contributed by atoms with E-state index in [1.807, 2.05) is 5.43 Å². The van der Waals surface area contributed by atoms with Crippen LogP contribution in [0.15, 0.2) is 24.3 Å². The van der Waals surface area contributed by atoms with Crippen LogP contribution < -0.4 is 16.6 Å². The largest absolute Gasteiger partial charge is 0.325 e. The van der Waals surface area contributed by atoms with Crippen molar-refractivity contribution in [1.29, 1.82) is 0 Å². The molecule has 2 amide bonds. The summed E-state index contributed by atoms with van der Waals surface area (Å²) in [4.78, 5) is 22.2. The van der Waals surface area contributed by atoms with Gasteiger partial charge in [-0.25, -0.2) is 5.84 Å². The van der Waals surface area contributed by atoms with Crippen molar-refractivity contribution in [3.63, 3.8) is 0 Å². The Morgan fingerprint density at radius 1 is 1.19 bits per heavy atom. The molecule has 4 N–H and O–H groups in total. The molecule has 16 heavy (non-hydrogen) atoms. The fraction of sp³-hybridized carbons (Fsp3) is 0.200. The maximum atomic E-state index is 11.4. The number of amides is 2. The molecule has 0 saturated heterocycles. The predicted molar refractivity (Wildman–Crippen MR) is 61.6 cm³/mol. The van der Waals surface area contributed by atoms with Gasteiger partial charge in [0.25, 0.3) is 0 Å². The second-order valence-corrected chi connectivity index (χ2v) is 3.50. The topological polar surface area (TPSA) is 84.2 Å². The highest BCUT2D eigenvalue weighted by Crippen LogP contribution is 2.20. The summed E-state index contributed by atoms with van der Waals surface area (Å²) >= 11 is 5.84. The molecule has 0 saturated carbocycles. The van der Waals surface area contributed by atoms with Crippen molar-refractivity contribution in [2.24, 2.45) is 5.84 Å². The van der Waals surface area contributed by atoms with Gasteiger partial charge in [0.15, 0.2) is 0 Å². The van der Waals surface area contributed by atoms with Crippen LogP contribution in [-0.2, 0) is 9.59 Å². The minimum absolute atomic E-state index is 0.0484. The number of nitrogens with one attached hydrogen (secondary N) is 2. The van der Waals surface area contributed by atoms with E-state index in [-0.39, 0.29) is 24.7 Å². The first-order valence-corrected chi connectivity index (χ1v) is 5.05. The third-order valence-electron chi connectivity index (χ3n) is 1.89. The number of carbonyl (C=O) groups is 2. The molecule has 1 aromatic rings. The molecule has 0 radical (unpaired) electrons. The van der Waals surface area contributed by atoms with Crippen LogP contribution in [0.1, 0.15) is 12.8 Å². The lowest BCUT2D eigenvalue weighted by Gasteiger charge is -2.06. The van der Waals surface area contributed by atoms with E-state index in [1.165, 1.54) is 0 Å². The maximum Gasteiger partial charge on any atom is 0.234 e. The van der Waals surface area contributed by atoms with Crippen LogP contribution in [0.2, 0.25) is 5.02 Å². The number of halogens is 1. The van der Waals surface area contributed by atoms with Crippen LogP contribution in [0.25, 0.3) is 0 Å². The predicted octanol–water partition coefficient (Wildman–Crippen LogP) is 1.05. The van der Waals surface area contributed by atoms with Gasteiger partial charge in [-0.05, 0) is 12.1 Å². The van der Waals surface area contributed by atoms with Crippen molar-refractivity contribution < 1.29 is 9.59 Å². The van der Waals surface area contributed by atoms with Crippen LogP contribution in [0, 0.1) is 0 Å². The summed E-state index contributed by atoms with van der Waals surface area (Å²) in [6.45, 7) is 0. The molecule has 1 rings (SSSR count). The number of nitrogens with two attached hydrogens (primary N) is 1. The molecule has 0 aliphatic heterocycles. The Morgan fingerprint density at radius 3 is 2.44 bits per heavy atom. The van der Waals surface area contributed by atoms with E-state index in [1.54, 1.807) is 24.3 Å². The van der Waals surface area contributed by atoms with Crippen LogP contribution >= 0.6 is 11.6 Å². The molecule has 0 spiro atoms. The quantitative estimate of drug-likeness (QED) is 0.419. The molecule has 6 heteroatoms. The molecular weight excluding hydrogens is 230 g/mol. The number of hydrogen-bond acceptors (Lipinski definition) is 3. The average molecular weight is 242 g/mol. The van der Waals surface area contributed by atoms with Gasteiger partial charge in [0.2, 0.25) is 11.8 Å². The van der Waals surface area contributed by atoms with Gasteiger partial charge < -0.3 is 5.32 Å². The van der Waals surface area contributed by atoms with E-state index in [9.17, 15) is 9.59 Å². The first kappa shape index (κ1) is 12.5. The highest BCUT2D eigenvalue weighted by molar-refractivity contribution is 6.33. The molecule has 0 aromatic heterocycles. The monoisotopic (exact) mass is 241 g/mol. The zero-order valence-corrected chi connectivity index (χ0v) is 9.25. The number of anilines is 1. The highest BCUT2D eigenvalue weighted by Gasteiger charge is 2.07. The number of rotatable bonds is 4. The molecular formula is C10H12ClN3O2. The maximum absolute atomic E-state index is 11.4. The van der Waals surface area contributed by atoms with Crippen LogP contribution in [0.3, 0.4) is 0 Å². The van der Waals surface area contributed by atoms with Crippen molar-refractivity contribution in [3.05, 3.63) is 29.3 Å². The summed E-state index contributed by atoms with van der Waals surface area (Å²) in [6, 6.07) is 6.88. The Labute approximate surface area is 97.9 Å². The van der Waals surface area contributed by atoms with Gasteiger partial charge in [-0.1, -0.05) is 23.7 Å². The Hall–Kier alpha value is -1.59. The van der Waals surface area contributed by atoms with Gasteiger partial charge in [-0.2, -0.15) is 0 Å². The molecule has 0 fully saturated rings. The van der Waals surface area contributed by atoms with Crippen LogP contribution in [-0.4, -0.2) is 11.8 Å². The number of para-hydroxylation sites is 1. The van der Waals surface area contributed by atoms with Gasteiger partial charge >= 0.3 is 0 Å². The molecule has 0 unspecified atom stereocenters. The van der Waals surface area contributed by atoms with Gasteiger partial charge in [0, 0.05) is 12.8 Å².